The second kappa shape index (κ2) is 5.99. The number of aromatic nitrogens is 1. The van der Waals surface area contributed by atoms with Crippen molar-refractivity contribution >= 4 is 23.5 Å². The van der Waals surface area contributed by atoms with E-state index in [0.29, 0.717) is 11.3 Å². The van der Waals surface area contributed by atoms with Crippen LogP contribution in [0.15, 0.2) is 12.1 Å². The van der Waals surface area contributed by atoms with Gasteiger partial charge in [-0.05, 0) is 18.1 Å². The maximum Gasteiger partial charge on any atom is 0.326 e. The van der Waals surface area contributed by atoms with E-state index in [4.69, 9.17) is 16.7 Å². The molecule has 114 valence electrons. The number of carboxylic acid groups (broad SMARTS) is 1. The zero-order valence-corrected chi connectivity index (χ0v) is 12.5. The third-order valence-electron chi connectivity index (χ3n) is 3.48. The number of nitrogens with zero attached hydrogens (tertiary/aromatic N) is 2. The van der Waals surface area contributed by atoms with Gasteiger partial charge in [0.15, 0.2) is 0 Å². The molecule has 2 atom stereocenters. The first kappa shape index (κ1) is 15.7. The molecule has 1 aliphatic rings. The Balaban J connectivity index is 2.33. The number of pyridine rings is 1. The van der Waals surface area contributed by atoms with Gasteiger partial charge in [0.05, 0.1) is 6.10 Å². The van der Waals surface area contributed by atoms with Gasteiger partial charge in [-0.3, -0.25) is 4.79 Å². The van der Waals surface area contributed by atoms with Gasteiger partial charge < -0.3 is 15.1 Å². The van der Waals surface area contributed by atoms with Crippen molar-refractivity contribution in [3.05, 3.63) is 28.5 Å². The number of carboxylic acids is 1. The number of hydrogen-bond acceptors (Lipinski definition) is 4. The summed E-state index contributed by atoms with van der Waals surface area (Å²) in [6.45, 7) is 3.85. The summed E-state index contributed by atoms with van der Waals surface area (Å²) in [6, 6.07) is 2.02. The van der Waals surface area contributed by atoms with Crippen LogP contribution in [-0.2, 0) is 4.79 Å². The summed E-state index contributed by atoms with van der Waals surface area (Å²) in [4.78, 5) is 29.0. The molecule has 0 aliphatic carbocycles. The predicted molar refractivity (Wildman–Crippen MR) is 76.4 cm³/mol. The van der Waals surface area contributed by atoms with Crippen LogP contribution < -0.4 is 0 Å². The van der Waals surface area contributed by atoms with E-state index in [1.807, 2.05) is 13.8 Å². The van der Waals surface area contributed by atoms with E-state index in [1.165, 1.54) is 11.0 Å². The van der Waals surface area contributed by atoms with Crippen molar-refractivity contribution < 1.29 is 19.8 Å². The van der Waals surface area contributed by atoms with Crippen molar-refractivity contribution in [2.24, 2.45) is 0 Å². The van der Waals surface area contributed by atoms with Crippen LogP contribution in [-0.4, -0.2) is 50.7 Å². The molecule has 2 N–H and O–H groups in total. The number of carbonyl (C=O) groups excluding carboxylic acids is 1. The zero-order valence-electron chi connectivity index (χ0n) is 11.8. The van der Waals surface area contributed by atoms with Gasteiger partial charge in [0.1, 0.15) is 11.2 Å². The number of aliphatic hydroxyl groups excluding tert-OH is 1. The highest BCUT2D eigenvalue weighted by molar-refractivity contribution is 6.29. The summed E-state index contributed by atoms with van der Waals surface area (Å²) in [6.07, 6.45) is -0.784. The van der Waals surface area contributed by atoms with E-state index in [1.54, 1.807) is 6.07 Å². The molecular formula is C14H17ClN2O4. The standard InChI is InChI=1S/C14H17ClN2O4/c1-7(2)10-3-8(4-12(15)16-10)13(19)17-6-9(18)5-11(17)14(20)21/h3-4,7,9,11,18H,5-6H2,1-2H3,(H,20,21). The molecule has 7 heteroatoms. The summed E-state index contributed by atoms with van der Waals surface area (Å²) in [7, 11) is 0. The summed E-state index contributed by atoms with van der Waals surface area (Å²) >= 11 is 5.92. The van der Waals surface area contributed by atoms with Gasteiger partial charge >= 0.3 is 5.97 Å². The number of carbonyl (C=O) groups is 2. The molecule has 1 saturated heterocycles. The van der Waals surface area contributed by atoms with Crippen LogP contribution in [0.25, 0.3) is 0 Å². The molecule has 1 aliphatic heterocycles. The zero-order chi connectivity index (χ0) is 15.7. The van der Waals surface area contributed by atoms with Gasteiger partial charge in [0, 0.05) is 24.2 Å². The third-order valence-corrected chi connectivity index (χ3v) is 3.67. The van der Waals surface area contributed by atoms with Gasteiger partial charge in [-0.15, -0.1) is 0 Å². The first-order valence-corrected chi connectivity index (χ1v) is 7.06. The fraction of sp³-hybridized carbons (Fsp3) is 0.500. The summed E-state index contributed by atoms with van der Waals surface area (Å²) in [5.41, 5.74) is 0.955. The predicted octanol–water partition coefficient (Wildman–Crippen LogP) is 1.52. The molecule has 1 aromatic rings. The van der Waals surface area contributed by atoms with Crippen LogP contribution in [0.3, 0.4) is 0 Å². The normalized spacial score (nSPS) is 21.9. The Kier molecular flexibility index (Phi) is 4.49. The monoisotopic (exact) mass is 312 g/mol. The Morgan fingerprint density at radius 3 is 2.67 bits per heavy atom. The first-order chi connectivity index (χ1) is 9.79. The summed E-state index contributed by atoms with van der Waals surface area (Å²) in [5, 5.41) is 19.0. The topological polar surface area (TPSA) is 90.7 Å². The minimum atomic E-state index is -1.12. The molecule has 0 aromatic carbocycles. The molecule has 0 bridgehead atoms. The number of aliphatic carboxylic acids is 1. The van der Waals surface area contributed by atoms with Crippen LogP contribution in [0, 0.1) is 0 Å². The molecule has 0 spiro atoms. The van der Waals surface area contributed by atoms with Gasteiger partial charge in [-0.2, -0.15) is 0 Å². The number of hydrogen-bond donors (Lipinski definition) is 2. The van der Waals surface area contributed by atoms with Gasteiger partial charge in [-0.25, -0.2) is 9.78 Å². The number of aliphatic hydroxyl groups is 1. The quantitative estimate of drug-likeness (QED) is 0.826. The van der Waals surface area contributed by atoms with E-state index in [0.717, 1.165) is 0 Å². The molecule has 0 saturated carbocycles. The molecule has 0 radical (unpaired) electrons. The lowest BCUT2D eigenvalue weighted by Crippen LogP contribution is -2.40. The van der Waals surface area contributed by atoms with E-state index in [2.05, 4.69) is 4.98 Å². The number of amides is 1. The average Bonchev–Trinajstić information content (AvgIpc) is 2.79. The van der Waals surface area contributed by atoms with Gasteiger partial charge in [0.25, 0.3) is 5.91 Å². The number of rotatable bonds is 3. The second-order valence-corrected chi connectivity index (χ2v) is 5.85. The van der Waals surface area contributed by atoms with Crippen LogP contribution in [0.1, 0.15) is 42.2 Å². The Morgan fingerprint density at radius 1 is 1.43 bits per heavy atom. The molecule has 21 heavy (non-hydrogen) atoms. The van der Waals surface area contributed by atoms with E-state index < -0.39 is 24.0 Å². The van der Waals surface area contributed by atoms with Crippen LogP contribution in [0.2, 0.25) is 5.15 Å². The minimum absolute atomic E-state index is 0.00670. The average molecular weight is 313 g/mol. The van der Waals surface area contributed by atoms with E-state index >= 15 is 0 Å². The van der Waals surface area contributed by atoms with E-state index in [9.17, 15) is 14.7 Å². The fourth-order valence-corrected chi connectivity index (χ4v) is 2.59. The van der Waals surface area contributed by atoms with Crippen molar-refractivity contribution in [2.45, 2.75) is 38.3 Å². The Labute approximate surface area is 127 Å². The van der Waals surface area contributed by atoms with Crippen LogP contribution in [0.5, 0.6) is 0 Å². The second-order valence-electron chi connectivity index (χ2n) is 5.46. The molecule has 2 unspecified atom stereocenters. The van der Waals surface area contributed by atoms with Gasteiger partial charge in [0.2, 0.25) is 0 Å². The van der Waals surface area contributed by atoms with Crippen molar-refractivity contribution in [3.8, 4) is 0 Å². The lowest BCUT2D eigenvalue weighted by molar-refractivity contribution is -0.141. The highest BCUT2D eigenvalue weighted by Gasteiger charge is 2.39. The number of halogens is 1. The van der Waals surface area contributed by atoms with Crippen molar-refractivity contribution in [1.29, 1.82) is 0 Å². The number of likely N-dealkylation sites (tertiary alicyclic amines) is 1. The summed E-state index contributed by atoms with van der Waals surface area (Å²) < 4.78 is 0. The Hall–Kier alpha value is -1.66. The largest absolute Gasteiger partial charge is 0.480 e. The molecule has 2 heterocycles. The lowest BCUT2D eigenvalue weighted by Gasteiger charge is -2.21. The highest BCUT2D eigenvalue weighted by Crippen LogP contribution is 2.24. The van der Waals surface area contributed by atoms with Crippen LogP contribution in [0.4, 0.5) is 0 Å². The molecule has 2 rings (SSSR count). The van der Waals surface area contributed by atoms with Crippen molar-refractivity contribution in [1.82, 2.24) is 9.88 Å². The molecule has 1 aromatic heterocycles. The SMILES string of the molecule is CC(C)c1cc(C(=O)N2CC(O)CC2C(=O)O)cc(Cl)n1. The smallest absolute Gasteiger partial charge is 0.326 e. The van der Waals surface area contributed by atoms with Crippen molar-refractivity contribution in [2.75, 3.05) is 6.54 Å². The third kappa shape index (κ3) is 3.33. The number of β-amino-alcohol motifs (C(OH)–C–C–N with tert-alkyl or cyclic N) is 1. The Morgan fingerprint density at radius 2 is 2.10 bits per heavy atom. The fourth-order valence-electron chi connectivity index (χ4n) is 2.37. The maximum absolute atomic E-state index is 12.5. The molecule has 1 fully saturated rings. The first-order valence-electron chi connectivity index (χ1n) is 6.69. The molecule has 6 nitrogen and oxygen atoms in total. The van der Waals surface area contributed by atoms with Crippen molar-refractivity contribution in [3.63, 3.8) is 0 Å². The maximum atomic E-state index is 12.5. The van der Waals surface area contributed by atoms with E-state index in [-0.39, 0.29) is 24.0 Å². The minimum Gasteiger partial charge on any atom is -0.480 e. The Bertz CT molecular complexity index is 576. The summed E-state index contributed by atoms with van der Waals surface area (Å²) in [5.74, 6) is -1.48. The molecule has 1 amide bonds. The highest BCUT2D eigenvalue weighted by atomic mass is 35.5. The lowest BCUT2D eigenvalue weighted by atomic mass is 10.1. The molecular weight excluding hydrogens is 296 g/mol. The van der Waals surface area contributed by atoms with Gasteiger partial charge in [-0.1, -0.05) is 25.4 Å². The van der Waals surface area contributed by atoms with Crippen LogP contribution >= 0.6 is 11.6 Å².